The van der Waals surface area contributed by atoms with E-state index in [1.54, 1.807) is 31.2 Å². The van der Waals surface area contributed by atoms with Gasteiger partial charge in [-0.2, -0.15) is 0 Å². The Morgan fingerprint density at radius 1 is 1.00 bits per heavy atom. The molecule has 0 aromatic heterocycles. The number of benzene rings is 2. The molecule has 0 amide bonds. The third-order valence-corrected chi connectivity index (χ3v) is 4.28. The summed E-state index contributed by atoms with van der Waals surface area (Å²) in [6.45, 7) is 5.77. The molecule has 0 atom stereocenters. The fourth-order valence-corrected chi connectivity index (χ4v) is 2.92. The summed E-state index contributed by atoms with van der Waals surface area (Å²) in [5, 5.41) is 0. The third-order valence-electron chi connectivity index (χ3n) is 3.17. The van der Waals surface area contributed by atoms with Crippen molar-refractivity contribution in [1.82, 2.24) is 0 Å². The van der Waals surface area contributed by atoms with Crippen LogP contribution in [0, 0.1) is 0 Å². The van der Waals surface area contributed by atoms with Crippen LogP contribution in [0.5, 0.6) is 11.5 Å². The number of ether oxygens (including phenoxy) is 3. The molecule has 26 heavy (non-hydrogen) atoms. The second-order valence-electron chi connectivity index (χ2n) is 5.56. The first-order valence-electron chi connectivity index (χ1n) is 7.96. The lowest BCUT2D eigenvalue weighted by Gasteiger charge is -2.14. The van der Waals surface area contributed by atoms with Gasteiger partial charge in [0.2, 0.25) is 0 Å². The maximum Gasteiger partial charge on any atom is 0.347 e. The van der Waals surface area contributed by atoms with Gasteiger partial charge in [0.15, 0.2) is 0 Å². The number of carbonyl (C=O) groups excluding carboxylic acids is 2. The molecule has 0 aliphatic heterocycles. The summed E-state index contributed by atoms with van der Waals surface area (Å²) < 4.78 is 17.3. The summed E-state index contributed by atoms with van der Waals surface area (Å²) in [6, 6.07) is 9.76. The lowest BCUT2D eigenvalue weighted by atomic mass is 10.2. The molecule has 5 nitrogen and oxygen atoms in total. The second-order valence-corrected chi connectivity index (χ2v) is 7.33. The quantitative estimate of drug-likeness (QED) is 0.405. The number of carbonyl (C=O) groups is 2. The summed E-state index contributed by atoms with van der Waals surface area (Å²) >= 11 is 6.66. The van der Waals surface area contributed by atoms with Crippen molar-refractivity contribution in [3.63, 3.8) is 0 Å². The highest BCUT2D eigenvalue weighted by Gasteiger charge is 2.19. The van der Waals surface area contributed by atoms with Crippen molar-refractivity contribution in [3.05, 3.63) is 56.5 Å². The molecule has 0 bridgehead atoms. The van der Waals surface area contributed by atoms with Gasteiger partial charge in [0.1, 0.15) is 17.1 Å². The van der Waals surface area contributed by atoms with E-state index in [4.69, 9.17) is 14.2 Å². The number of halogens is 2. The SMILES string of the molecule is CCOC(=O)c1ccc(OC(=O)c2cc(Br)ccc2OC(C)C)c(Br)c1. The van der Waals surface area contributed by atoms with Gasteiger partial charge in [0, 0.05) is 4.47 Å². The third kappa shape index (κ3) is 5.32. The minimum absolute atomic E-state index is 0.0849. The molecule has 0 unspecified atom stereocenters. The summed E-state index contributed by atoms with van der Waals surface area (Å²) in [7, 11) is 0. The number of rotatable bonds is 6. The van der Waals surface area contributed by atoms with E-state index < -0.39 is 11.9 Å². The molecule has 0 saturated carbocycles. The highest BCUT2D eigenvalue weighted by molar-refractivity contribution is 9.10. The van der Waals surface area contributed by atoms with Gasteiger partial charge in [0.25, 0.3) is 0 Å². The molecule has 2 aromatic carbocycles. The molecule has 0 fully saturated rings. The van der Waals surface area contributed by atoms with Crippen molar-refractivity contribution < 1.29 is 23.8 Å². The van der Waals surface area contributed by atoms with E-state index in [-0.39, 0.29) is 12.7 Å². The fraction of sp³-hybridized carbons (Fsp3) is 0.263. The Hall–Kier alpha value is -1.86. The largest absolute Gasteiger partial charge is 0.490 e. The van der Waals surface area contributed by atoms with Crippen molar-refractivity contribution in [3.8, 4) is 11.5 Å². The predicted molar refractivity (Wildman–Crippen MR) is 105 cm³/mol. The standard InChI is InChI=1S/C19H18Br2O5/c1-4-24-18(22)12-5-7-17(15(21)9-12)26-19(23)14-10-13(20)6-8-16(14)25-11(2)3/h5-11H,4H2,1-3H3. The van der Waals surface area contributed by atoms with Gasteiger partial charge in [-0.3, -0.25) is 0 Å². The zero-order chi connectivity index (χ0) is 19.3. The van der Waals surface area contributed by atoms with Crippen LogP contribution in [0.25, 0.3) is 0 Å². The molecule has 0 aliphatic carbocycles. The lowest BCUT2D eigenvalue weighted by molar-refractivity contribution is 0.0526. The van der Waals surface area contributed by atoms with Crippen molar-refractivity contribution in [2.45, 2.75) is 26.9 Å². The molecule has 0 saturated heterocycles. The Balaban J connectivity index is 2.25. The van der Waals surface area contributed by atoms with Gasteiger partial charge in [-0.05, 0) is 73.1 Å². The summed E-state index contributed by atoms with van der Waals surface area (Å²) in [5.74, 6) is -0.275. The molecule has 0 radical (unpaired) electrons. The first kappa shape index (κ1) is 20.5. The molecule has 7 heteroatoms. The van der Waals surface area contributed by atoms with Crippen LogP contribution in [-0.2, 0) is 4.74 Å². The molecule has 2 aromatic rings. The van der Waals surface area contributed by atoms with Crippen LogP contribution >= 0.6 is 31.9 Å². The van der Waals surface area contributed by atoms with Gasteiger partial charge < -0.3 is 14.2 Å². The molecule has 0 heterocycles. The number of esters is 2. The zero-order valence-corrected chi connectivity index (χ0v) is 17.7. The Kier molecular flexibility index (Phi) is 7.23. The highest BCUT2D eigenvalue weighted by atomic mass is 79.9. The highest BCUT2D eigenvalue weighted by Crippen LogP contribution is 2.30. The van der Waals surface area contributed by atoms with E-state index in [1.807, 2.05) is 13.8 Å². The predicted octanol–water partition coefficient (Wildman–Crippen LogP) is 5.39. The van der Waals surface area contributed by atoms with Gasteiger partial charge >= 0.3 is 11.9 Å². The number of hydrogen-bond donors (Lipinski definition) is 0. The van der Waals surface area contributed by atoms with Crippen LogP contribution in [-0.4, -0.2) is 24.6 Å². The minimum Gasteiger partial charge on any atom is -0.490 e. The van der Waals surface area contributed by atoms with Crippen LogP contribution in [0.1, 0.15) is 41.5 Å². The molecule has 2 rings (SSSR count). The van der Waals surface area contributed by atoms with Gasteiger partial charge in [-0.1, -0.05) is 15.9 Å². The van der Waals surface area contributed by atoms with E-state index in [1.165, 1.54) is 12.1 Å². The fourth-order valence-electron chi connectivity index (χ4n) is 2.10. The van der Waals surface area contributed by atoms with Crippen molar-refractivity contribution in [2.75, 3.05) is 6.61 Å². The van der Waals surface area contributed by atoms with E-state index in [0.29, 0.717) is 27.1 Å². The van der Waals surface area contributed by atoms with Crippen molar-refractivity contribution in [2.24, 2.45) is 0 Å². The summed E-state index contributed by atoms with van der Waals surface area (Å²) in [5.41, 5.74) is 0.666. The summed E-state index contributed by atoms with van der Waals surface area (Å²) in [4.78, 5) is 24.4. The average Bonchev–Trinajstić information content (AvgIpc) is 2.58. The van der Waals surface area contributed by atoms with Gasteiger partial charge in [-0.15, -0.1) is 0 Å². The lowest BCUT2D eigenvalue weighted by Crippen LogP contribution is -2.14. The summed E-state index contributed by atoms with van der Waals surface area (Å²) in [6.07, 6.45) is -0.0849. The Morgan fingerprint density at radius 2 is 1.69 bits per heavy atom. The number of hydrogen-bond acceptors (Lipinski definition) is 5. The van der Waals surface area contributed by atoms with Crippen LogP contribution in [0.4, 0.5) is 0 Å². The molecular formula is C19H18Br2O5. The molecular weight excluding hydrogens is 468 g/mol. The van der Waals surface area contributed by atoms with Gasteiger partial charge in [-0.25, -0.2) is 9.59 Å². The van der Waals surface area contributed by atoms with Crippen LogP contribution in [0.2, 0.25) is 0 Å². The molecule has 138 valence electrons. The monoisotopic (exact) mass is 484 g/mol. The Labute approximate surface area is 168 Å². The molecule has 0 N–H and O–H groups in total. The van der Waals surface area contributed by atoms with E-state index >= 15 is 0 Å². The maximum absolute atomic E-state index is 12.6. The smallest absolute Gasteiger partial charge is 0.347 e. The molecule has 0 aliphatic rings. The van der Waals surface area contributed by atoms with Gasteiger partial charge in [0.05, 0.1) is 22.7 Å². The van der Waals surface area contributed by atoms with Crippen molar-refractivity contribution >= 4 is 43.8 Å². The van der Waals surface area contributed by atoms with E-state index in [0.717, 1.165) is 4.47 Å². The minimum atomic E-state index is -0.563. The Bertz CT molecular complexity index is 818. The first-order chi connectivity index (χ1) is 12.3. The Morgan fingerprint density at radius 3 is 2.31 bits per heavy atom. The van der Waals surface area contributed by atoms with Crippen molar-refractivity contribution in [1.29, 1.82) is 0 Å². The van der Waals surface area contributed by atoms with Crippen LogP contribution in [0.15, 0.2) is 45.3 Å². The van der Waals surface area contributed by atoms with E-state index in [2.05, 4.69) is 31.9 Å². The molecule has 0 spiro atoms. The average molecular weight is 486 g/mol. The van der Waals surface area contributed by atoms with E-state index in [9.17, 15) is 9.59 Å². The maximum atomic E-state index is 12.6. The second kappa shape index (κ2) is 9.19. The topological polar surface area (TPSA) is 61.8 Å². The normalized spacial score (nSPS) is 10.5. The van der Waals surface area contributed by atoms with Crippen LogP contribution < -0.4 is 9.47 Å². The first-order valence-corrected chi connectivity index (χ1v) is 9.55. The zero-order valence-electron chi connectivity index (χ0n) is 14.5. The van der Waals surface area contributed by atoms with Crippen LogP contribution in [0.3, 0.4) is 0 Å².